The van der Waals surface area contributed by atoms with E-state index in [1.54, 1.807) is 18.2 Å². The Morgan fingerprint density at radius 3 is 2.34 bits per heavy atom. The Kier molecular flexibility index (Phi) is 6.92. The molecule has 0 atom stereocenters. The van der Waals surface area contributed by atoms with Gasteiger partial charge in [0.05, 0.1) is 5.69 Å². The number of anilines is 1. The molecule has 44 heavy (non-hydrogen) atoms. The van der Waals surface area contributed by atoms with E-state index in [0.717, 1.165) is 35.4 Å². The number of likely N-dealkylation sites (tertiary alicyclic amines) is 1. The molecule has 3 aromatic carbocycles. The number of nitrogens with zero attached hydrogens (tertiary/aromatic N) is 5. The van der Waals surface area contributed by atoms with Crippen LogP contribution in [0.5, 0.6) is 0 Å². The van der Waals surface area contributed by atoms with E-state index in [1.165, 1.54) is 29.4 Å². The van der Waals surface area contributed by atoms with E-state index in [9.17, 15) is 22.8 Å². The molecule has 0 bridgehead atoms. The van der Waals surface area contributed by atoms with Crippen molar-refractivity contribution in [1.82, 2.24) is 29.9 Å². The minimum atomic E-state index is -4.74. The van der Waals surface area contributed by atoms with Gasteiger partial charge >= 0.3 is 11.9 Å². The van der Waals surface area contributed by atoms with Crippen molar-refractivity contribution in [3.63, 3.8) is 0 Å². The third kappa shape index (κ3) is 5.11. The third-order valence-corrected chi connectivity index (χ3v) is 8.25. The zero-order valence-corrected chi connectivity index (χ0v) is 23.6. The van der Waals surface area contributed by atoms with Crippen molar-refractivity contribution < 1.29 is 18.0 Å². The predicted octanol–water partition coefficient (Wildman–Crippen LogP) is 5.44. The van der Waals surface area contributed by atoms with Gasteiger partial charge in [-0.1, -0.05) is 48.5 Å². The normalized spacial score (nSPS) is 15.6. The van der Waals surface area contributed by atoms with Gasteiger partial charge in [0, 0.05) is 29.9 Å². The van der Waals surface area contributed by atoms with Gasteiger partial charge in [-0.05, 0) is 73.3 Å². The van der Waals surface area contributed by atoms with Crippen molar-refractivity contribution in [3.05, 3.63) is 106 Å². The summed E-state index contributed by atoms with van der Waals surface area (Å²) in [5.41, 5.74) is 2.74. The molecule has 9 nitrogen and oxygen atoms in total. The predicted molar refractivity (Wildman–Crippen MR) is 159 cm³/mol. The number of carbonyl (C=O) groups excluding carboxylic acids is 1. The Morgan fingerprint density at radius 1 is 0.841 bits per heavy atom. The molecular formula is C32H28F3N7O2. The molecular weight excluding hydrogens is 571 g/mol. The van der Waals surface area contributed by atoms with E-state index in [-0.39, 0.29) is 35.7 Å². The highest BCUT2D eigenvalue weighted by molar-refractivity contribution is 6.07. The van der Waals surface area contributed by atoms with Crippen LogP contribution in [0.15, 0.2) is 77.6 Å². The number of H-pyrrole nitrogens is 2. The smallest absolute Gasteiger partial charge is 0.307 e. The molecule has 224 valence electrons. The number of amides is 1. The summed E-state index contributed by atoms with van der Waals surface area (Å²) in [6, 6.07) is 22.2. The van der Waals surface area contributed by atoms with Gasteiger partial charge < -0.3 is 4.90 Å². The number of halogens is 3. The van der Waals surface area contributed by atoms with Gasteiger partial charge in [0.2, 0.25) is 0 Å². The molecule has 0 saturated carbocycles. The van der Waals surface area contributed by atoms with Crippen molar-refractivity contribution >= 4 is 11.6 Å². The summed E-state index contributed by atoms with van der Waals surface area (Å²) < 4.78 is 43.4. The summed E-state index contributed by atoms with van der Waals surface area (Å²) in [5, 5.41) is 10.1. The summed E-state index contributed by atoms with van der Waals surface area (Å²) in [6.45, 7) is 3.13. The van der Waals surface area contributed by atoms with Crippen LogP contribution < -0.4 is 10.6 Å². The standard InChI is InChI=1S/C32H28F3N7O2/c33-32(34,35)28-26-14-17-41(23-12-10-20(11-13-23)25-9-2-1-6-22(25)19-40-15-3-4-16-40)30(43)27(26)42(39-28)24-8-5-7-21(18-24)29-36-31(44)38-37-29/h1-2,5-13,18H,3-4,14-17,19H2,(H2,36,37,38,44). The Hall–Kier alpha value is -4.97. The third-order valence-electron chi connectivity index (χ3n) is 8.25. The highest BCUT2D eigenvalue weighted by Gasteiger charge is 2.43. The Bertz CT molecular complexity index is 1900. The first kappa shape index (κ1) is 27.8. The first-order valence-corrected chi connectivity index (χ1v) is 14.4. The molecule has 12 heteroatoms. The maximum absolute atomic E-state index is 14.1. The maximum atomic E-state index is 14.1. The first-order valence-electron chi connectivity index (χ1n) is 14.4. The molecule has 7 rings (SSSR count). The number of aromatic amines is 2. The molecule has 2 aliphatic rings. The summed E-state index contributed by atoms with van der Waals surface area (Å²) in [4.78, 5) is 32.0. The molecule has 1 amide bonds. The van der Waals surface area contributed by atoms with Crippen LogP contribution in [0, 0.1) is 0 Å². The zero-order chi connectivity index (χ0) is 30.4. The van der Waals surface area contributed by atoms with Gasteiger partial charge in [0.1, 0.15) is 5.69 Å². The first-order chi connectivity index (χ1) is 21.3. The average Bonchev–Trinajstić information content (AvgIpc) is 3.78. The number of carbonyl (C=O) groups is 1. The van der Waals surface area contributed by atoms with Gasteiger partial charge in [-0.2, -0.15) is 23.4 Å². The van der Waals surface area contributed by atoms with Crippen molar-refractivity contribution in [2.45, 2.75) is 32.0 Å². The summed E-state index contributed by atoms with van der Waals surface area (Å²) in [6.07, 6.45) is -2.33. The summed E-state index contributed by atoms with van der Waals surface area (Å²) >= 11 is 0. The summed E-state index contributed by atoms with van der Waals surface area (Å²) in [5.74, 6) is -0.362. The van der Waals surface area contributed by atoms with E-state index in [2.05, 4.69) is 37.3 Å². The van der Waals surface area contributed by atoms with Crippen LogP contribution in [0.2, 0.25) is 0 Å². The van der Waals surface area contributed by atoms with E-state index >= 15 is 0 Å². The van der Waals surface area contributed by atoms with Gasteiger partial charge in [0.25, 0.3) is 5.91 Å². The van der Waals surface area contributed by atoms with Crippen LogP contribution in [-0.2, 0) is 19.1 Å². The fourth-order valence-electron chi connectivity index (χ4n) is 6.15. The molecule has 5 aromatic rings. The van der Waals surface area contributed by atoms with Crippen molar-refractivity contribution in [3.8, 4) is 28.2 Å². The number of fused-ring (bicyclic) bond motifs is 1. The monoisotopic (exact) mass is 599 g/mol. The zero-order valence-electron chi connectivity index (χ0n) is 23.6. The maximum Gasteiger partial charge on any atom is 0.435 e. The van der Waals surface area contributed by atoms with Crippen LogP contribution in [0.25, 0.3) is 28.2 Å². The SMILES string of the molecule is O=C1c2c(c(C(F)(F)F)nn2-c2cccc(-c3n[nH]c(=O)[nH]3)c2)CCN1c1ccc(-c2ccccc2CN2CCCC2)cc1. The molecule has 2 aromatic heterocycles. The minimum Gasteiger partial charge on any atom is -0.307 e. The molecule has 2 N–H and O–H groups in total. The second-order valence-corrected chi connectivity index (χ2v) is 11.1. The van der Waals surface area contributed by atoms with E-state index in [1.807, 2.05) is 36.4 Å². The lowest BCUT2D eigenvalue weighted by Crippen LogP contribution is -2.39. The van der Waals surface area contributed by atoms with E-state index < -0.39 is 23.5 Å². The number of rotatable bonds is 6. The van der Waals surface area contributed by atoms with Crippen LogP contribution in [0.1, 0.15) is 40.2 Å². The average molecular weight is 600 g/mol. The number of hydrogen-bond donors (Lipinski definition) is 2. The molecule has 0 unspecified atom stereocenters. The fraction of sp³-hybridized carbons (Fsp3) is 0.250. The van der Waals surface area contributed by atoms with Gasteiger partial charge in [0.15, 0.2) is 11.5 Å². The second kappa shape index (κ2) is 10.9. The topological polar surface area (TPSA) is 103 Å². The van der Waals surface area contributed by atoms with Gasteiger partial charge in [-0.3, -0.25) is 14.7 Å². The highest BCUT2D eigenvalue weighted by atomic mass is 19.4. The van der Waals surface area contributed by atoms with Crippen LogP contribution in [-0.4, -0.2) is 55.4 Å². The lowest BCUT2D eigenvalue weighted by molar-refractivity contribution is -0.141. The number of nitrogens with one attached hydrogen (secondary N) is 2. The quantitative estimate of drug-likeness (QED) is 0.271. The molecule has 0 radical (unpaired) electrons. The second-order valence-electron chi connectivity index (χ2n) is 11.1. The molecule has 1 fully saturated rings. The van der Waals surface area contributed by atoms with E-state index in [0.29, 0.717) is 11.3 Å². The minimum absolute atomic E-state index is 0.0112. The molecule has 0 spiro atoms. The lowest BCUT2D eigenvalue weighted by Gasteiger charge is -2.28. The highest BCUT2D eigenvalue weighted by Crippen LogP contribution is 2.38. The van der Waals surface area contributed by atoms with Crippen LogP contribution in [0.4, 0.5) is 18.9 Å². The Morgan fingerprint density at radius 2 is 1.61 bits per heavy atom. The van der Waals surface area contributed by atoms with Gasteiger partial charge in [-0.15, -0.1) is 0 Å². The van der Waals surface area contributed by atoms with Crippen LogP contribution >= 0.6 is 0 Å². The molecule has 0 aliphatic carbocycles. The molecule has 2 aliphatic heterocycles. The Labute approximate surface area is 249 Å². The van der Waals surface area contributed by atoms with Crippen molar-refractivity contribution in [2.24, 2.45) is 0 Å². The van der Waals surface area contributed by atoms with Crippen molar-refractivity contribution in [1.29, 1.82) is 0 Å². The lowest BCUT2D eigenvalue weighted by atomic mass is 9.98. The van der Waals surface area contributed by atoms with Gasteiger partial charge in [-0.25, -0.2) is 14.6 Å². The largest absolute Gasteiger partial charge is 0.435 e. The summed E-state index contributed by atoms with van der Waals surface area (Å²) in [7, 11) is 0. The number of aromatic nitrogens is 5. The fourth-order valence-corrected chi connectivity index (χ4v) is 6.15. The number of benzene rings is 3. The van der Waals surface area contributed by atoms with Crippen LogP contribution in [0.3, 0.4) is 0 Å². The van der Waals surface area contributed by atoms with Crippen molar-refractivity contribution in [2.75, 3.05) is 24.5 Å². The molecule has 1 saturated heterocycles. The number of alkyl halides is 3. The number of hydrogen-bond acceptors (Lipinski definition) is 5. The Balaban J connectivity index is 1.23. The van der Waals surface area contributed by atoms with E-state index in [4.69, 9.17) is 0 Å². The molecule has 4 heterocycles.